The lowest BCUT2D eigenvalue weighted by molar-refractivity contribution is -0.248. The molecule has 4 heteroatoms. The highest BCUT2D eigenvalue weighted by Crippen LogP contribution is 2.31. The van der Waals surface area contributed by atoms with Gasteiger partial charge in [0.1, 0.15) is 0 Å². The zero-order valence-corrected chi connectivity index (χ0v) is 16.0. The lowest BCUT2D eigenvalue weighted by atomic mass is 10.0. The van der Waals surface area contributed by atoms with Crippen LogP contribution < -0.4 is 0 Å². The second kappa shape index (κ2) is 13.8. The Morgan fingerprint density at radius 3 is 1.79 bits per heavy atom. The highest BCUT2D eigenvalue weighted by molar-refractivity contribution is 7.07. The minimum Gasteiger partial charge on any atom is -0.317 e. The first-order chi connectivity index (χ1) is 11.7. The van der Waals surface area contributed by atoms with E-state index < -0.39 is 6.11 Å². The summed E-state index contributed by atoms with van der Waals surface area (Å²) in [5.41, 5.74) is -0.0257. The summed E-state index contributed by atoms with van der Waals surface area (Å²) in [6.45, 7) is 2.39. The molecule has 0 amide bonds. The third-order valence-electron chi connectivity index (χ3n) is 4.39. The molecule has 0 bridgehead atoms. The SMILES string of the molecule is CCCCCCCCCCCCCCCOC(F)(F)c1ccsc1. The Kier molecular flexibility index (Phi) is 12.4. The van der Waals surface area contributed by atoms with Crippen LogP contribution in [0.25, 0.3) is 0 Å². The smallest absolute Gasteiger partial charge is 0.317 e. The monoisotopic (exact) mass is 360 g/mol. The van der Waals surface area contributed by atoms with E-state index in [0.29, 0.717) is 0 Å². The van der Waals surface area contributed by atoms with Gasteiger partial charge in [0.2, 0.25) is 0 Å². The summed E-state index contributed by atoms with van der Waals surface area (Å²) in [6.07, 6.45) is 13.1. The van der Waals surface area contributed by atoms with Crippen molar-refractivity contribution < 1.29 is 13.5 Å². The van der Waals surface area contributed by atoms with Crippen LogP contribution in [0.2, 0.25) is 0 Å². The van der Waals surface area contributed by atoms with Gasteiger partial charge in [-0.2, -0.15) is 20.1 Å². The van der Waals surface area contributed by atoms with E-state index in [2.05, 4.69) is 6.92 Å². The Hall–Kier alpha value is -0.480. The second-order valence-electron chi connectivity index (χ2n) is 6.62. The fraction of sp³-hybridized carbons (Fsp3) is 0.800. The van der Waals surface area contributed by atoms with Gasteiger partial charge in [0.15, 0.2) is 0 Å². The quantitative estimate of drug-likeness (QED) is 0.272. The minimum atomic E-state index is -3.13. The highest BCUT2D eigenvalue weighted by Gasteiger charge is 2.32. The van der Waals surface area contributed by atoms with E-state index in [1.54, 1.807) is 5.38 Å². The number of hydrogen-bond acceptors (Lipinski definition) is 2. The van der Waals surface area contributed by atoms with Crippen LogP contribution in [0.4, 0.5) is 8.78 Å². The Labute approximate surface area is 150 Å². The van der Waals surface area contributed by atoms with Crippen LogP contribution >= 0.6 is 11.3 Å². The Morgan fingerprint density at radius 1 is 0.833 bits per heavy atom. The standard InChI is InChI=1S/C20H34F2OS/c1-2-3-4-5-6-7-8-9-10-11-12-13-14-16-23-20(21,22)19-15-17-24-18-19/h15,17-18H,2-14,16H2,1H3. The summed E-state index contributed by atoms with van der Waals surface area (Å²) < 4.78 is 32.0. The zero-order chi connectivity index (χ0) is 17.5. The molecule has 0 saturated heterocycles. The number of hydrogen-bond donors (Lipinski definition) is 0. The summed E-state index contributed by atoms with van der Waals surface area (Å²) in [4.78, 5) is 0. The molecule has 0 aliphatic rings. The molecule has 0 spiro atoms. The van der Waals surface area contributed by atoms with Crippen molar-refractivity contribution in [2.75, 3.05) is 6.61 Å². The lowest BCUT2D eigenvalue weighted by Crippen LogP contribution is -2.18. The van der Waals surface area contributed by atoms with E-state index in [9.17, 15) is 8.78 Å². The predicted octanol–water partition coefficient (Wildman–Crippen LogP) is 7.91. The molecule has 1 aromatic rings. The molecule has 1 rings (SSSR count). The van der Waals surface area contributed by atoms with E-state index in [-0.39, 0.29) is 12.2 Å². The summed E-state index contributed by atoms with van der Waals surface area (Å²) in [5.74, 6) is 0. The molecule has 0 aromatic carbocycles. The lowest BCUT2D eigenvalue weighted by Gasteiger charge is -2.15. The van der Waals surface area contributed by atoms with Crippen molar-refractivity contribution >= 4 is 11.3 Å². The van der Waals surface area contributed by atoms with E-state index >= 15 is 0 Å². The average molecular weight is 361 g/mol. The van der Waals surface area contributed by atoms with Crippen molar-refractivity contribution in [3.05, 3.63) is 22.4 Å². The first kappa shape index (κ1) is 21.6. The normalized spacial score (nSPS) is 12.0. The van der Waals surface area contributed by atoms with Crippen molar-refractivity contribution in [2.24, 2.45) is 0 Å². The molecule has 0 atom stereocenters. The maximum atomic E-state index is 13.6. The Balaban J connectivity index is 1.82. The molecule has 0 radical (unpaired) electrons. The molecule has 1 heterocycles. The van der Waals surface area contributed by atoms with Gasteiger partial charge in [-0.05, 0) is 17.9 Å². The van der Waals surface area contributed by atoms with Gasteiger partial charge in [-0.25, -0.2) is 0 Å². The Morgan fingerprint density at radius 2 is 1.33 bits per heavy atom. The third kappa shape index (κ3) is 10.4. The topological polar surface area (TPSA) is 9.23 Å². The highest BCUT2D eigenvalue weighted by atomic mass is 32.1. The first-order valence-corrected chi connectivity index (χ1v) is 10.7. The summed E-state index contributed by atoms with van der Waals surface area (Å²) in [5, 5.41) is 3.10. The summed E-state index contributed by atoms with van der Waals surface area (Å²) >= 11 is 1.27. The molecule has 0 saturated carbocycles. The largest absolute Gasteiger partial charge is 0.384 e. The molecular weight excluding hydrogens is 326 g/mol. The number of ether oxygens (including phenoxy) is 1. The number of alkyl halides is 2. The number of rotatable bonds is 16. The van der Waals surface area contributed by atoms with Crippen LogP contribution in [0.5, 0.6) is 0 Å². The molecule has 0 aliphatic carbocycles. The summed E-state index contributed by atoms with van der Waals surface area (Å²) in [7, 11) is 0. The van der Waals surface area contributed by atoms with E-state index in [1.807, 2.05) is 0 Å². The molecule has 0 N–H and O–H groups in total. The average Bonchev–Trinajstić information content (AvgIpc) is 3.10. The van der Waals surface area contributed by atoms with Crippen LogP contribution in [0.15, 0.2) is 16.8 Å². The van der Waals surface area contributed by atoms with Crippen LogP contribution in [0.1, 0.15) is 96.0 Å². The molecule has 1 aromatic heterocycles. The van der Waals surface area contributed by atoms with Gasteiger partial charge in [-0.3, -0.25) is 0 Å². The fourth-order valence-electron chi connectivity index (χ4n) is 2.83. The van der Waals surface area contributed by atoms with Crippen LogP contribution in [-0.4, -0.2) is 6.61 Å². The van der Waals surface area contributed by atoms with Crippen LogP contribution in [-0.2, 0) is 10.8 Å². The molecule has 1 nitrogen and oxygen atoms in total. The van der Waals surface area contributed by atoms with E-state index in [1.165, 1.54) is 87.0 Å². The molecule has 0 fully saturated rings. The zero-order valence-electron chi connectivity index (χ0n) is 15.2. The van der Waals surface area contributed by atoms with E-state index in [4.69, 9.17) is 4.74 Å². The maximum absolute atomic E-state index is 13.6. The minimum absolute atomic E-state index is 0.0257. The van der Waals surface area contributed by atoms with Crippen molar-refractivity contribution in [1.82, 2.24) is 0 Å². The maximum Gasteiger partial charge on any atom is 0.384 e. The van der Waals surface area contributed by atoms with Gasteiger partial charge >= 0.3 is 6.11 Å². The van der Waals surface area contributed by atoms with Gasteiger partial charge in [0.05, 0.1) is 12.2 Å². The molecule has 140 valence electrons. The van der Waals surface area contributed by atoms with Gasteiger partial charge < -0.3 is 4.74 Å². The Bertz CT molecular complexity index is 379. The van der Waals surface area contributed by atoms with Gasteiger partial charge in [-0.1, -0.05) is 84.0 Å². The molecule has 24 heavy (non-hydrogen) atoms. The molecular formula is C20H34F2OS. The van der Waals surface area contributed by atoms with Gasteiger partial charge in [-0.15, -0.1) is 0 Å². The van der Waals surface area contributed by atoms with Crippen molar-refractivity contribution in [1.29, 1.82) is 0 Å². The number of thiophene rings is 1. The fourth-order valence-corrected chi connectivity index (χ4v) is 3.50. The van der Waals surface area contributed by atoms with Crippen LogP contribution in [0.3, 0.4) is 0 Å². The summed E-state index contributed by atoms with van der Waals surface area (Å²) in [6, 6.07) is 1.43. The first-order valence-electron chi connectivity index (χ1n) is 9.71. The molecule has 0 aliphatic heterocycles. The van der Waals surface area contributed by atoms with Crippen molar-refractivity contribution in [2.45, 2.75) is 96.5 Å². The predicted molar refractivity (Wildman–Crippen MR) is 99.9 cm³/mol. The third-order valence-corrected chi connectivity index (χ3v) is 5.07. The van der Waals surface area contributed by atoms with Gasteiger partial charge in [0.25, 0.3) is 0 Å². The molecule has 0 unspecified atom stereocenters. The number of halogens is 2. The number of unbranched alkanes of at least 4 members (excludes halogenated alkanes) is 12. The van der Waals surface area contributed by atoms with Gasteiger partial charge in [0, 0.05) is 5.38 Å². The second-order valence-corrected chi connectivity index (χ2v) is 7.40. The van der Waals surface area contributed by atoms with E-state index in [0.717, 1.165) is 19.3 Å². The van der Waals surface area contributed by atoms with Crippen LogP contribution in [0, 0.1) is 0 Å². The van der Waals surface area contributed by atoms with Crippen molar-refractivity contribution in [3.63, 3.8) is 0 Å². The van der Waals surface area contributed by atoms with Crippen molar-refractivity contribution in [3.8, 4) is 0 Å².